The summed E-state index contributed by atoms with van der Waals surface area (Å²) in [5, 5.41) is 3.09. The molecule has 8 nitrogen and oxygen atoms in total. The Balaban J connectivity index is 1.64. The van der Waals surface area contributed by atoms with Crippen LogP contribution in [0.1, 0.15) is 20.8 Å². The fourth-order valence-electron chi connectivity index (χ4n) is 2.39. The first-order valence-electron chi connectivity index (χ1n) is 7.94. The van der Waals surface area contributed by atoms with Gasteiger partial charge < -0.3 is 14.8 Å². The van der Waals surface area contributed by atoms with Gasteiger partial charge >= 0.3 is 11.9 Å². The number of anilines is 1. The highest BCUT2D eigenvalue weighted by molar-refractivity contribution is 6.04. The van der Waals surface area contributed by atoms with Gasteiger partial charge in [0.2, 0.25) is 0 Å². The van der Waals surface area contributed by atoms with E-state index in [9.17, 15) is 14.4 Å². The molecule has 0 aliphatic heterocycles. The molecule has 8 heteroatoms. The molecule has 0 radical (unpaired) electrons. The number of benzene rings is 1. The number of nitrogens with one attached hydrogen (secondary N) is 1. The van der Waals surface area contributed by atoms with Gasteiger partial charge in [-0.15, -0.1) is 0 Å². The highest BCUT2D eigenvalue weighted by Gasteiger charge is 2.14. The lowest BCUT2D eigenvalue weighted by atomic mass is 10.1. The van der Waals surface area contributed by atoms with E-state index in [1.807, 2.05) is 0 Å². The molecule has 3 aromatic rings. The lowest BCUT2D eigenvalue weighted by Crippen LogP contribution is -2.22. The van der Waals surface area contributed by atoms with Gasteiger partial charge in [-0.1, -0.05) is 18.2 Å². The number of hydrogen-bond acceptors (Lipinski definition) is 7. The summed E-state index contributed by atoms with van der Waals surface area (Å²) in [5.74, 6) is -1.70. The number of carbonyl (C=O) groups excluding carboxylic acids is 3. The van der Waals surface area contributed by atoms with Crippen molar-refractivity contribution in [2.75, 3.05) is 19.0 Å². The molecule has 1 aromatic carbocycles. The number of hydrogen-bond donors (Lipinski definition) is 1. The van der Waals surface area contributed by atoms with Crippen LogP contribution in [0.25, 0.3) is 10.9 Å². The Morgan fingerprint density at radius 2 is 1.81 bits per heavy atom. The molecule has 0 unspecified atom stereocenters. The van der Waals surface area contributed by atoms with Crippen molar-refractivity contribution in [3.05, 3.63) is 66.0 Å². The Morgan fingerprint density at radius 3 is 2.63 bits per heavy atom. The van der Waals surface area contributed by atoms with Crippen LogP contribution < -0.4 is 5.32 Å². The van der Waals surface area contributed by atoms with Crippen molar-refractivity contribution in [2.24, 2.45) is 0 Å². The van der Waals surface area contributed by atoms with Crippen molar-refractivity contribution in [2.45, 2.75) is 0 Å². The van der Waals surface area contributed by atoms with Crippen molar-refractivity contribution in [3.8, 4) is 0 Å². The quantitative estimate of drug-likeness (QED) is 0.691. The SMILES string of the molecule is COC(=O)c1cccc(NC(=O)COC(=O)c2cccc3ncccc23)n1. The van der Waals surface area contributed by atoms with E-state index in [1.54, 1.807) is 42.6 Å². The molecule has 27 heavy (non-hydrogen) atoms. The van der Waals surface area contributed by atoms with Gasteiger partial charge in [0, 0.05) is 11.6 Å². The van der Waals surface area contributed by atoms with E-state index < -0.39 is 24.5 Å². The van der Waals surface area contributed by atoms with E-state index in [0.717, 1.165) is 0 Å². The predicted molar refractivity (Wildman–Crippen MR) is 96.2 cm³/mol. The van der Waals surface area contributed by atoms with E-state index in [0.29, 0.717) is 16.5 Å². The molecule has 1 N–H and O–H groups in total. The van der Waals surface area contributed by atoms with Crippen molar-refractivity contribution >= 4 is 34.6 Å². The summed E-state index contributed by atoms with van der Waals surface area (Å²) >= 11 is 0. The summed E-state index contributed by atoms with van der Waals surface area (Å²) in [5.41, 5.74) is 1.02. The molecule has 3 rings (SSSR count). The third-order valence-electron chi connectivity index (χ3n) is 3.61. The van der Waals surface area contributed by atoms with Crippen LogP contribution in [0.3, 0.4) is 0 Å². The van der Waals surface area contributed by atoms with Gasteiger partial charge in [-0.2, -0.15) is 0 Å². The third-order valence-corrected chi connectivity index (χ3v) is 3.61. The number of nitrogens with zero attached hydrogens (tertiary/aromatic N) is 2. The van der Waals surface area contributed by atoms with Gasteiger partial charge in [0.25, 0.3) is 5.91 Å². The number of methoxy groups -OCH3 is 1. The summed E-state index contributed by atoms with van der Waals surface area (Å²) in [6.45, 7) is -0.500. The maximum absolute atomic E-state index is 12.3. The van der Waals surface area contributed by atoms with Crippen molar-refractivity contribution < 1.29 is 23.9 Å². The van der Waals surface area contributed by atoms with Crippen LogP contribution in [0.5, 0.6) is 0 Å². The number of pyridine rings is 2. The van der Waals surface area contributed by atoms with Crippen molar-refractivity contribution in [3.63, 3.8) is 0 Å². The maximum atomic E-state index is 12.3. The average Bonchev–Trinajstić information content (AvgIpc) is 2.71. The normalized spacial score (nSPS) is 10.3. The number of amides is 1. The lowest BCUT2D eigenvalue weighted by Gasteiger charge is -2.08. The molecule has 0 fully saturated rings. The van der Waals surface area contributed by atoms with Crippen molar-refractivity contribution in [1.29, 1.82) is 0 Å². The summed E-state index contributed by atoms with van der Waals surface area (Å²) in [6.07, 6.45) is 1.63. The monoisotopic (exact) mass is 365 g/mol. The molecule has 0 aliphatic rings. The van der Waals surface area contributed by atoms with E-state index in [1.165, 1.54) is 19.2 Å². The summed E-state index contributed by atoms with van der Waals surface area (Å²) in [7, 11) is 1.23. The number of aromatic nitrogens is 2. The van der Waals surface area contributed by atoms with Crippen LogP contribution in [0.2, 0.25) is 0 Å². The average molecular weight is 365 g/mol. The Hall–Kier alpha value is -3.81. The molecule has 0 saturated carbocycles. The van der Waals surface area contributed by atoms with E-state index in [-0.39, 0.29) is 11.5 Å². The number of carbonyl (C=O) groups is 3. The minimum absolute atomic E-state index is 0.0514. The second-order valence-electron chi connectivity index (χ2n) is 5.40. The van der Waals surface area contributed by atoms with Crippen LogP contribution in [0.15, 0.2) is 54.7 Å². The lowest BCUT2D eigenvalue weighted by molar-refractivity contribution is -0.119. The van der Waals surface area contributed by atoms with Gasteiger partial charge in [-0.3, -0.25) is 9.78 Å². The minimum Gasteiger partial charge on any atom is -0.464 e. The summed E-state index contributed by atoms with van der Waals surface area (Å²) in [6, 6.07) is 13.0. The van der Waals surface area contributed by atoms with Gasteiger partial charge in [-0.05, 0) is 30.3 Å². The molecule has 0 aliphatic carbocycles. The molecule has 2 heterocycles. The molecule has 0 bridgehead atoms. The Kier molecular flexibility index (Phi) is 5.36. The molecule has 136 valence electrons. The zero-order valence-electron chi connectivity index (χ0n) is 14.3. The van der Waals surface area contributed by atoms with Crippen LogP contribution >= 0.6 is 0 Å². The fourth-order valence-corrected chi connectivity index (χ4v) is 2.39. The second-order valence-corrected chi connectivity index (χ2v) is 5.40. The highest BCUT2D eigenvalue weighted by atomic mass is 16.5. The van der Waals surface area contributed by atoms with Crippen LogP contribution in [-0.2, 0) is 14.3 Å². The zero-order valence-corrected chi connectivity index (χ0v) is 14.3. The topological polar surface area (TPSA) is 107 Å². The molecule has 0 atom stereocenters. The number of fused-ring (bicyclic) bond motifs is 1. The zero-order chi connectivity index (χ0) is 19.2. The first-order valence-corrected chi connectivity index (χ1v) is 7.94. The number of rotatable bonds is 5. The van der Waals surface area contributed by atoms with Gasteiger partial charge in [0.05, 0.1) is 18.2 Å². The van der Waals surface area contributed by atoms with Crippen LogP contribution in [0, 0.1) is 0 Å². The van der Waals surface area contributed by atoms with Crippen LogP contribution in [0.4, 0.5) is 5.82 Å². The fraction of sp³-hybridized carbons (Fsp3) is 0.105. The first kappa shape index (κ1) is 18.0. The van der Waals surface area contributed by atoms with E-state index in [4.69, 9.17) is 4.74 Å². The van der Waals surface area contributed by atoms with Crippen LogP contribution in [-0.4, -0.2) is 41.5 Å². The Morgan fingerprint density at radius 1 is 1.00 bits per heavy atom. The molecular weight excluding hydrogens is 350 g/mol. The standard InChI is InChI=1S/C19H15N3O5/c1-26-19(25)15-8-3-9-16(21-15)22-17(23)11-27-18(24)13-5-2-7-14-12(13)6-4-10-20-14/h2-10H,11H2,1H3,(H,21,22,23). The molecule has 0 saturated heterocycles. The minimum atomic E-state index is -0.639. The van der Waals surface area contributed by atoms with Crippen molar-refractivity contribution in [1.82, 2.24) is 9.97 Å². The molecule has 1 amide bonds. The van der Waals surface area contributed by atoms with Gasteiger partial charge in [0.15, 0.2) is 12.3 Å². The molecular formula is C19H15N3O5. The number of esters is 2. The second kappa shape index (κ2) is 8.05. The number of ether oxygens (including phenoxy) is 2. The van der Waals surface area contributed by atoms with Gasteiger partial charge in [0.1, 0.15) is 5.82 Å². The largest absolute Gasteiger partial charge is 0.464 e. The molecule has 2 aromatic heterocycles. The summed E-state index contributed by atoms with van der Waals surface area (Å²) < 4.78 is 9.64. The maximum Gasteiger partial charge on any atom is 0.356 e. The smallest absolute Gasteiger partial charge is 0.356 e. The third kappa shape index (κ3) is 4.24. The highest BCUT2D eigenvalue weighted by Crippen LogP contribution is 2.17. The van der Waals surface area contributed by atoms with E-state index in [2.05, 4.69) is 20.0 Å². The predicted octanol–water partition coefficient (Wildman–Crippen LogP) is 2.21. The first-order chi connectivity index (χ1) is 13.1. The van der Waals surface area contributed by atoms with Gasteiger partial charge in [-0.25, -0.2) is 14.6 Å². The molecule has 0 spiro atoms. The Bertz CT molecular complexity index is 1010. The van der Waals surface area contributed by atoms with E-state index >= 15 is 0 Å². The summed E-state index contributed by atoms with van der Waals surface area (Å²) in [4.78, 5) is 43.9. The Labute approximate surface area is 154 Å².